The molecule has 5 rings (SSSR count). The molecule has 0 bridgehead atoms. The van der Waals surface area contributed by atoms with Crippen molar-refractivity contribution in [3.8, 4) is 11.4 Å². The molecule has 0 saturated heterocycles. The van der Waals surface area contributed by atoms with Crippen LogP contribution in [0.3, 0.4) is 0 Å². The maximum Gasteiger partial charge on any atom is 0.295 e. The van der Waals surface area contributed by atoms with Gasteiger partial charge in [0.25, 0.3) is 11.1 Å². The number of rotatable bonds is 7. The molecule has 0 aliphatic heterocycles. The first-order chi connectivity index (χ1) is 16.8. The second-order valence-electron chi connectivity index (χ2n) is 8.69. The summed E-state index contributed by atoms with van der Waals surface area (Å²) in [5.41, 5.74) is 1.81. The highest BCUT2D eigenvalue weighted by Crippen LogP contribution is 2.41. The Morgan fingerprint density at radius 2 is 1.94 bits per heavy atom. The molecule has 1 fully saturated rings. The highest BCUT2D eigenvalue weighted by molar-refractivity contribution is 7.84. The van der Waals surface area contributed by atoms with E-state index < -0.39 is 10.8 Å². The summed E-state index contributed by atoms with van der Waals surface area (Å²) in [5, 5.41) is 3.05. The van der Waals surface area contributed by atoms with Gasteiger partial charge in [0.2, 0.25) is 0 Å². The Hall–Kier alpha value is -3.80. The van der Waals surface area contributed by atoms with Gasteiger partial charge >= 0.3 is 0 Å². The number of anilines is 1. The van der Waals surface area contributed by atoms with Gasteiger partial charge < -0.3 is 10.3 Å². The van der Waals surface area contributed by atoms with Crippen molar-refractivity contribution < 1.29 is 4.21 Å². The Kier molecular flexibility index (Phi) is 5.97. The zero-order valence-electron chi connectivity index (χ0n) is 19.5. The van der Waals surface area contributed by atoms with Crippen LogP contribution in [0.1, 0.15) is 50.0 Å². The van der Waals surface area contributed by atoms with Crippen LogP contribution >= 0.6 is 0 Å². The van der Waals surface area contributed by atoms with Crippen molar-refractivity contribution in [2.75, 3.05) is 11.6 Å². The van der Waals surface area contributed by atoms with Gasteiger partial charge in [-0.1, -0.05) is 0 Å². The van der Waals surface area contributed by atoms with Gasteiger partial charge in [0, 0.05) is 24.4 Å². The van der Waals surface area contributed by atoms with Crippen molar-refractivity contribution in [1.82, 2.24) is 34.5 Å². The summed E-state index contributed by atoms with van der Waals surface area (Å²) in [6.07, 6.45) is 8.00. The van der Waals surface area contributed by atoms with Gasteiger partial charge in [-0.05, 0) is 38.8 Å². The van der Waals surface area contributed by atoms with E-state index in [0.29, 0.717) is 33.0 Å². The number of aromatic nitrogens is 7. The van der Waals surface area contributed by atoms with Crippen LogP contribution in [0.2, 0.25) is 0 Å². The van der Waals surface area contributed by atoms with E-state index in [-0.39, 0.29) is 41.3 Å². The van der Waals surface area contributed by atoms with Crippen molar-refractivity contribution in [2.45, 2.75) is 50.1 Å². The van der Waals surface area contributed by atoms with Crippen LogP contribution < -0.4 is 16.4 Å². The first-order valence-corrected chi connectivity index (χ1v) is 12.8. The maximum absolute atomic E-state index is 13.3. The third-order valence-corrected chi connectivity index (χ3v) is 6.69. The van der Waals surface area contributed by atoms with E-state index in [0.717, 1.165) is 12.8 Å². The number of nitrogens with zero attached hydrogens (tertiary/aromatic N) is 6. The van der Waals surface area contributed by atoms with Crippen LogP contribution in [0.15, 0.2) is 45.3 Å². The molecule has 12 heteroatoms. The van der Waals surface area contributed by atoms with Crippen LogP contribution in [0.5, 0.6) is 0 Å². The molecule has 0 radical (unpaired) electrons. The molecule has 0 amide bonds. The summed E-state index contributed by atoms with van der Waals surface area (Å²) in [4.78, 5) is 51.3. The molecule has 4 aromatic heterocycles. The molecular weight excluding hydrogens is 468 g/mol. The fourth-order valence-electron chi connectivity index (χ4n) is 3.87. The van der Waals surface area contributed by atoms with Gasteiger partial charge in [0.15, 0.2) is 17.3 Å². The Labute approximate surface area is 202 Å². The van der Waals surface area contributed by atoms with Crippen molar-refractivity contribution in [3.63, 3.8) is 0 Å². The van der Waals surface area contributed by atoms with E-state index >= 15 is 0 Å². The molecule has 1 atom stereocenters. The van der Waals surface area contributed by atoms with Crippen LogP contribution in [0.25, 0.3) is 22.6 Å². The van der Waals surface area contributed by atoms with E-state index in [1.807, 2.05) is 13.8 Å². The predicted molar refractivity (Wildman–Crippen MR) is 132 cm³/mol. The van der Waals surface area contributed by atoms with Gasteiger partial charge in [-0.2, -0.15) is 0 Å². The molecule has 1 unspecified atom stereocenters. The average molecular weight is 493 g/mol. The number of nitrogens with one attached hydrogen (secondary N) is 2. The zero-order valence-corrected chi connectivity index (χ0v) is 20.3. The molecule has 0 aromatic carbocycles. The standard InChI is InChI=1S/C23H24N8O3S/c1-12(2)31-21-16(10-26-19(30-21)17-18(13-4-5-13)27-11-28-22(17)32)29-20(23(31)33)25-8-14-6-7-15(9-24-14)35(3)34/h6-7,9-13H,4-5,8H2,1-3H3,(H,25,29)(H,27,28,32). The summed E-state index contributed by atoms with van der Waals surface area (Å²) in [5.74, 6) is 0.594. The van der Waals surface area contributed by atoms with E-state index in [1.54, 1.807) is 24.6 Å². The number of fused-ring (bicyclic) bond motifs is 1. The Bertz CT molecular complexity index is 1560. The van der Waals surface area contributed by atoms with E-state index in [9.17, 15) is 13.8 Å². The SMILES string of the molecule is CC(C)n1c(=O)c(NCc2ccc(S(C)=O)cn2)nc2cnc(-c3c(C4CC4)nc[nH]c3=O)nc21. The van der Waals surface area contributed by atoms with Gasteiger partial charge in [-0.3, -0.25) is 23.3 Å². The second kappa shape index (κ2) is 9.10. The lowest BCUT2D eigenvalue weighted by molar-refractivity contribution is 0.593. The number of hydrogen-bond acceptors (Lipinski definition) is 9. The molecule has 11 nitrogen and oxygen atoms in total. The van der Waals surface area contributed by atoms with Crippen molar-refractivity contribution >= 4 is 27.8 Å². The smallest absolute Gasteiger partial charge is 0.295 e. The van der Waals surface area contributed by atoms with Crippen molar-refractivity contribution in [2.24, 2.45) is 0 Å². The lowest BCUT2D eigenvalue weighted by Crippen LogP contribution is -2.28. The summed E-state index contributed by atoms with van der Waals surface area (Å²) in [6.45, 7) is 4.02. The van der Waals surface area contributed by atoms with Crippen LogP contribution in [0, 0.1) is 0 Å². The average Bonchev–Trinajstić information content (AvgIpc) is 3.68. The fraction of sp³-hybridized carbons (Fsp3) is 0.348. The predicted octanol–water partition coefficient (Wildman–Crippen LogP) is 2.14. The lowest BCUT2D eigenvalue weighted by atomic mass is 10.1. The topological polar surface area (TPSA) is 148 Å². The van der Waals surface area contributed by atoms with E-state index in [1.165, 1.54) is 17.1 Å². The molecule has 1 saturated carbocycles. The fourth-order valence-corrected chi connectivity index (χ4v) is 4.33. The minimum atomic E-state index is -1.11. The molecular formula is C23H24N8O3S. The number of H-pyrrole nitrogens is 1. The largest absolute Gasteiger partial charge is 0.360 e. The Morgan fingerprint density at radius 1 is 1.14 bits per heavy atom. The monoisotopic (exact) mass is 492 g/mol. The highest BCUT2D eigenvalue weighted by atomic mass is 32.2. The van der Waals surface area contributed by atoms with Crippen molar-refractivity contribution in [1.29, 1.82) is 0 Å². The molecule has 1 aliphatic rings. The third-order valence-electron chi connectivity index (χ3n) is 5.78. The summed E-state index contributed by atoms with van der Waals surface area (Å²) < 4.78 is 13.1. The normalized spacial score (nSPS) is 14.4. The number of aromatic amines is 1. The second-order valence-corrected chi connectivity index (χ2v) is 10.1. The molecule has 35 heavy (non-hydrogen) atoms. The van der Waals surface area contributed by atoms with Gasteiger partial charge in [-0.25, -0.2) is 19.9 Å². The Morgan fingerprint density at radius 3 is 2.60 bits per heavy atom. The molecule has 1 aliphatic carbocycles. The van der Waals surface area contributed by atoms with Crippen LogP contribution in [-0.2, 0) is 17.3 Å². The minimum absolute atomic E-state index is 0.144. The summed E-state index contributed by atoms with van der Waals surface area (Å²) >= 11 is 0. The summed E-state index contributed by atoms with van der Waals surface area (Å²) in [7, 11) is -1.11. The van der Waals surface area contributed by atoms with Gasteiger partial charge in [0.05, 0.1) is 46.2 Å². The molecule has 2 N–H and O–H groups in total. The first kappa shape index (κ1) is 23.0. The first-order valence-electron chi connectivity index (χ1n) is 11.2. The molecule has 180 valence electrons. The zero-order chi connectivity index (χ0) is 24.7. The minimum Gasteiger partial charge on any atom is -0.360 e. The lowest BCUT2D eigenvalue weighted by Gasteiger charge is -2.16. The van der Waals surface area contributed by atoms with E-state index in [4.69, 9.17) is 0 Å². The van der Waals surface area contributed by atoms with Crippen LogP contribution in [-0.4, -0.2) is 44.9 Å². The number of hydrogen-bond donors (Lipinski definition) is 2. The molecule has 4 heterocycles. The van der Waals surface area contributed by atoms with Gasteiger partial charge in [0.1, 0.15) is 11.1 Å². The van der Waals surface area contributed by atoms with E-state index in [2.05, 4.69) is 35.2 Å². The molecule has 0 spiro atoms. The highest BCUT2D eigenvalue weighted by Gasteiger charge is 2.30. The van der Waals surface area contributed by atoms with Crippen molar-refractivity contribution in [3.05, 3.63) is 62.9 Å². The maximum atomic E-state index is 13.3. The van der Waals surface area contributed by atoms with Gasteiger partial charge in [-0.15, -0.1) is 0 Å². The third kappa shape index (κ3) is 4.48. The number of pyridine rings is 1. The Balaban J connectivity index is 1.54. The molecule has 4 aromatic rings. The van der Waals surface area contributed by atoms with Crippen LogP contribution in [0.4, 0.5) is 5.82 Å². The quantitative estimate of drug-likeness (QED) is 0.396. The summed E-state index contributed by atoms with van der Waals surface area (Å²) in [6, 6.07) is 3.28.